The van der Waals surface area contributed by atoms with E-state index >= 15 is 0 Å². The zero-order chi connectivity index (χ0) is 7.23. The van der Waals surface area contributed by atoms with Crippen LogP contribution >= 0.6 is 11.8 Å². The highest BCUT2D eigenvalue weighted by Gasteiger charge is 2.20. The quantitative estimate of drug-likeness (QED) is 0.467. The van der Waals surface area contributed by atoms with Crippen LogP contribution in [0.4, 0.5) is 0 Å². The van der Waals surface area contributed by atoms with Crippen molar-refractivity contribution in [1.29, 1.82) is 0 Å². The van der Waals surface area contributed by atoms with Crippen molar-refractivity contribution in [2.75, 3.05) is 24.8 Å². The molecule has 2 N–H and O–H groups in total. The Labute approximate surface area is 66.5 Å². The van der Waals surface area contributed by atoms with Gasteiger partial charge in [-0.3, -0.25) is 0 Å². The van der Waals surface area contributed by atoms with Crippen molar-refractivity contribution >= 4 is 11.8 Å². The van der Waals surface area contributed by atoms with Gasteiger partial charge < -0.3 is 10.5 Å². The molecular weight excluding hydrogens is 146 g/mol. The SMILES string of the molecule is NCCSCOCC1CC1. The zero-order valence-electron chi connectivity index (χ0n) is 6.21. The van der Waals surface area contributed by atoms with E-state index in [1.54, 1.807) is 11.8 Å². The Kier molecular flexibility index (Phi) is 4.18. The highest BCUT2D eigenvalue weighted by Crippen LogP contribution is 2.28. The molecule has 0 heterocycles. The summed E-state index contributed by atoms with van der Waals surface area (Å²) in [6.45, 7) is 1.73. The minimum absolute atomic E-state index is 0.761. The van der Waals surface area contributed by atoms with Gasteiger partial charge >= 0.3 is 0 Å². The molecule has 0 unspecified atom stereocenters. The zero-order valence-corrected chi connectivity index (χ0v) is 7.03. The largest absolute Gasteiger partial charge is 0.371 e. The number of thioether (sulfide) groups is 1. The highest BCUT2D eigenvalue weighted by molar-refractivity contribution is 7.99. The molecule has 0 bridgehead atoms. The van der Waals surface area contributed by atoms with Gasteiger partial charge in [-0.1, -0.05) is 0 Å². The van der Waals surface area contributed by atoms with E-state index in [2.05, 4.69) is 0 Å². The monoisotopic (exact) mass is 161 g/mol. The van der Waals surface area contributed by atoms with Crippen LogP contribution in [0, 0.1) is 5.92 Å². The van der Waals surface area contributed by atoms with E-state index < -0.39 is 0 Å². The van der Waals surface area contributed by atoms with Crippen LogP contribution in [0.2, 0.25) is 0 Å². The molecule has 0 atom stereocenters. The minimum atomic E-state index is 0.761. The second-order valence-electron chi connectivity index (χ2n) is 2.63. The number of hydrogen-bond acceptors (Lipinski definition) is 3. The maximum Gasteiger partial charge on any atom is 0.0921 e. The Morgan fingerprint density at radius 2 is 2.30 bits per heavy atom. The van der Waals surface area contributed by atoms with Crippen LogP contribution in [0.25, 0.3) is 0 Å². The summed E-state index contributed by atoms with van der Waals surface area (Å²) in [5.41, 5.74) is 5.31. The van der Waals surface area contributed by atoms with Gasteiger partial charge in [0.1, 0.15) is 0 Å². The van der Waals surface area contributed by atoms with Crippen molar-refractivity contribution in [3.8, 4) is 0 Å². The van der Waals surface area contributed by atoms with Crippen LogP contribution < -0.4 is 5.73 Å². The lowest BCUT2D eigenvalue weighted by Crippen LogP contribution is -2.03. The molecule has 0 aromatic heterocycles. The molecule has 0 spiro atoms. The predicted molar refractivity (Wildman–Crippen MR) is 45.1 cm³/mol. The lowest BCUT2D eigenvalue weighted by atomic mass is 10.5. The molecule has 0 saturated heterocycles. The molecule has 1 aliphatic rings. The summed E-state index contributed by atoms with van der Waals surface area (Å²) < 4.78 is 5.37. The van der Waals surface area contributed by atoms with Crippen LogP contribution in [0.5, 0.6) is 0 Å². The summed E-state index contributed by atoms with van der Waals surface area (Å²) in [5, 5.41) is 0. The topological polar surface area (TPSA) is 35.2 Å². The average molecular weight is 161 g/mol. The summed E-state index contributed by atoms with van der Waals surface area (Å²) in [6.07, 6.45) is 2.75. The summed E-state index contributed by atoms with van der Waals surface area (Å²) in [5.74, 6) is 2.73. The summed E-state index contributed by atoms with van der Waals surface area (Å²) in [6, 6.07) is 0. The summed E-state index contributed by atoms with van der Waals surface area (Å²) >= 11 is 1.78. The third kappa shape index (κ3) is 4.14. The molecule has 2 nitrogen and oxygen atoms in total. The van der Waals surface area contributed by atoms with Gasteiger partial charge in [-0.2, -0.15) is 0 Å². The van der Waals surface area contributed by atoms with Crippen LogP contribution in [0.3, 0.4) is 0 Å². The fourth-order valence-electron chi connectivity index (χ4n) is 0.700. The normalized spacial score (nSPS) is 17.7. The Bertz CT molecular complexity index is 85.7. The maximum atomic E-state index is 5.37. The first-order valence-electron chi connectivity index (χ1n) is 3.79. The van der Waals surface area contributed by atoms with Crippen molar-refractivity contribution < 1.29 is 4.74 Å². The summed E-state index contributed by atoms with van der Waals surface area (Å²) in [7, 11) is 0. The number of hydrogen-bond donors (Lipinski definition) is 1. The van der Waals surface area contributed by atoms with Crippen LogP contribution in [-0.2, 0) is 4.74 Å². The lowest BCUT2D eigenvalue weighted by molar-refractivity contribution is 0.171. The van der Waals surface area contributed by atoms with Gasteiger partial charge in [0.2, 0.25) is 0 Å². The van der Waals surface area contributed by atoms with Crippen molar-refractivity contribution in [3.63, 3.8) is 0 Å². The van der Waals surface area contributed by atoms with Gasteiger partial charge in [0.05, 0.1) is 12.5 Å². The molecule has 1 fully saturated rings. The van der Waals surface area contributed by atoms with Crippen molar-refractivity contribution in [2.45, 2.75) is 12.8 Å². The molecule has 3 heteroatoms. The predicted octanol–water partition coefficient (Wildman–Crippen LogP) is 1.06. The van der Waals surface area contributed by atoms with Crippen LogP contribution in [0.15, 0.2) is 0 Å². The van der Waals surface area contributed by atoms with E-state index in [1.165, 1.54) is 12.8 Å². The first-order chi connectivity index (χ1) is 4.93. The highest BCUT2D eigenvalue weighted by atomic mass is 32.2. The lowest BCUT2D eigenvalue weighted by Gasteiger charge is -2.00. The Hall–Kier alpha value is 0.270. The van der Waals surface area contributed by atoms with Gasteiger partial charge in [-0.25, -0.2) is 0 Å². The number of rotatable bonds is 6. The van der Waals surface area contributed by atoms with Gasteiger partial charge in [0, 0.05) is 12.3 Å². The van der Waals surface area contributed by atoms with Gasteiger partial charge in [-0.05, 0) is 18.8 Å². The van der Waals surface area contributed by atoms with Crippen LogP contribution in [0.1, 0.15) is 12.8 Å². The minimum Gasteiger partial charge on any atom is -0.371 e. The smallest absolute Gasteiger partial charge is 0.0921 e. The molecule has 0 amide bonds. The summed E-state index contributed by atoms with van der Waals surface area (Å²) in [4.78, 5) is 0. The van der Waals surface area contributed by atoms with Gasteiger partial charge in [-0.15, -0.1) is 11.8 Å². The third-order valence-electron chi connectivity index (χ3n) is 1.48. The van der Waals surface area contributed by atoms with Gasteiger partial charge in [0.25, 0.3) is 0 Å². The molecular formula is C7H15NOS. The third-order valence-corrected chi connectivity index (χ3v) is 2.34. The van der Waals surface area contributed by atoms with E-state index in [-0.39, 0.29) is 0 Å². The first kappa shape index (κ1) is 8.37. The average Bonchev–Trinajstić information content (AvgIpc) is 2.71. The molecule has 1 rings (SSSR count). The molecule has 0 radical (unpaired) electrons. The molecule has 10 heavy (non-hydrogen) atoms. The number of nitrogens with two attached hydrogens (primary N) is 1. The van der Waals surface area contributed by atoms with E-state index in [1.807, 2.05) is 0 Å². The maximum absolute atomic E-state index is 5.37. The fraction of sp³-hybridized carbons (Fsp3) is 1.00. The van der Waals surface area contributed by atoms with E-state index in [0.717, 1.165) is 30.8 Å². The van der Waals surface area contributed by atoms with Crippen molar-refractivity contribution in [1.82, 2.24) is 0 Å². The van der Waals surface area contributed by atoms with Gasteiger partial charge in [0.15, 0.2) is 0 Å². The van der Waals surface area contributed by atoms with Crippen molar-refractivity contribution in [3.05, 3.63) is 0 Å². The van der Waals surface area contributed by atoms with E-state index in [9.17, 15) is 0 Å². The van der Waals surface area contributed by atoms with Crippen molar-refractivity contribution in [2.24, 2.45) is 11.7 Å². The molecule has 1 aliphatic carbocycles. The molecule has 0 aliphatic heterocycles. The molecule has 0 aromatic carbocycles. The fourth-order valence-corrected chi connectivity index (χ4v) is 1.20. The second-order valence-corrected chi connectivity index (χ2v) is 3.68. The molecule has 0 aromatic rings. The Morgan fingerprint density at radius 3 is 2.90 bits per heavy atom. The number of ether oxygens (including phenoxy) is 1. The van der Waals surface area contributed by atoms with Crippen LogP contribution in [-0.4, -0.2) is 24.8 Å². The Morgan fingerprint density at radius 1 is 1.50 bits per heavy atom. The Balaban J connectivity index is 1.68. The molecule has 60 valence electrons. The second kappa shape index (κ2) is 4.99. The standard InChI is InChI=1S/C7H15NOS/c8-3-4-10-6-9-5-7-1-2-7/h7H,1-6,8H2. The van der Waals surface area contributed by atoms with E-state index in [0.29, 0.717) is 0 Å². The van der Waals surface area contributed by atoms with E-state index in [4.69, 9.17) is 10.5 Å². The molecule has 1 saturated carbocycles. The first-order valence-corrected chi connectivity index (χ1v) is 4.94.